The van der Waals surface area contributed by atoms with Gasteiger partial charge in [-0.1, -0.05) is 96.8 Å². The first-order valence-electron chi connectivity index (χ1n) is 10.3. The number of carbonyl (C=O) groups excluding carboxylic acids is 1. The summed E-state index contributed by atoms with van der Waals surface area (Å²) >= 11 is -0.185. The summed E-state index contributed by atoms with van der Waals surface area (Å²) < 4.78 is 9.10. The summed E-state index contributed by atoms with van der Waals surface area (Å²) in [6, 6.07) is 0. The van der Waals surface area contributed by atoms with Crippen LogP contribution >= 0.6 is 0 Å². The van der Waals surface area contributed by atoms with Gasteiger partial charge in [-0.15, -0.1) is 0 Å². The predicted molar refractivity (Wildman–Crippen MR) is 104 cm³/mol. The van der Waals surface area contributed by atoms with Crippen LogP contribution < -0.4 is 5.11 Å². The summed E-state index contributed by atoms with van der Waals surface area (Å²) in [5.41, 5.74) is 0. The van der Waals surface area contributed by atoms with E-state index >= 15 is 0 Å². The molecule has 148 valence electrons. The van der Waals surface area contributed by atoms with Crippen molar-refractivity contribution in [3.8, 4) is 0 Å². The molecule has 0 saturated carbocycles. The molecular formula is C20H41AlO4. The molecule has 0 saturated heterocycles. The molecular weight excluding hydrogens is 331 g/mol. The normalized spacial score (nSPS) is 10.0. The molecule has 0 aliphatic rings. The number of aliphatic carboxylic acids is 1. The van der Waals surface area contributed by atoms with Crippen molar-refractivity contribution in [2.75, 3.05) is 14.2 Å². The topological polar surface area (TPSA) is 58.6 Å². The Morgan fingerprint density at radius 2 is 1.00 bits per heavy atom. The summed E-state index contributed by atoms with van der Waals surface area (Å²) in [4.78, 5) is 10.2. The van der Waals surface area contributed by atoms with Crippen LogP contribution in [0.4, 0.5) is 0 Å². The van der Waals surface area contributed by atoms with Crippen molar-refractivity contribution in [3.63, 3.8) is 0 Å². The zero-order valence-electron chi connectivity index (χ0n) is 17.0. The van der Waals surface area contributed by atoms with Crippen molar-refractivity contribution in [1.29, 1.82) is 0 Å². The molecule has 0 rings (SSSR count). The Bertz CT molecular complexity index is 248. The van der Waals surface area contributed by atoms with Crippen molar-refractivity contribution < 1.29 is 17.5 Å². The molecule has 0 aromatic rings. The molecule has 0 aromatic carbocycles. The first-order chi connectivity index (χ1) is 12.2. The summed E-state index contributed by atoms with van der Waals surface area (Å²) in [7, 11) is 3.25. The van der Waals surface area contributed by atoms with Crippen LogP contribution in [0.25, 0.3) is 0 Å². The second kappa shape index (κ2) is 26.2. The Morgan fingerprint density at radius 3 is 1.24 bits per heavy atom. The molecule has 0 spiro atoms. The van der Waals surface area contributed by atoms with Gasteiger partial charge in [-0.05, 0) is 12.8 Å². The zero-order valence-corrected chi connectivity index (χ0v) is 18.2. The standard InChI is InChI=1S/C18H36O2.2CH3O.Al/c1-2-3-4-5-6-7-8-9-10-11-12-13-14-15-16-17-18(19)20;2*1-2;/h2-17H2,1H3,(H,19,20);2*1H3;/q;2*-1;+3/p-1. The Hall–Kier alpha value is -0.0775. The van der Waals surface area contributed by atoms with Crippen molar-refractivity contribution >= 4 is 21.9 Å². The first kappa shape index (κ1) is 27.1. The van der Waals surface area contributed by atoms with E-state index in [2.05, 4.69) is 14.5 Å². The number of carbonyl (C=O) groups is 1. The van der Waals surface area contributed by atoms with E-state index in [1.807, 2.05) is 0 Å². The Balaban J connectivity index is 0. The molecule has 0 heterocycles. The first-order valence-corrected chi connectivity index (χ1v) is 11.2. The summed E-state index contributed by atoms with van der Waals surface area (Å²) in [6.07, 6.45) is 19.9. The third-order valence-corrected chi connectivity index (χ3v) is 4.56. The van der Waals surface area contributed by atoms with E-state index in [9.17, 15) is 9.90 Å². The minimum absolute atomic E-state index is 0.185. The van der Waals surface area contributed by atoms with Crippen LogP contribution in [0.2, 0.25) is 0 Å². The monoisotopic (exact) mass is 372 g/mol. The molecule has 0 aliphatic heterocycles. The summed E-state index contributed by atoms with van der Waals surface area (Å²) in [6.45, 7) is 2.27. The summed E-state index contributed by atoms with van der Waals surface area (Å²) in [5.74, 6) is -0.903. The molecule has 0 amide bonds. The fourth-order valence-corrected chi connectivity index (χ4v) is 2.93. The average molecular weight is 373 g/mol. The van der Waals surface area contributed by atoms with Gasteiger partial charge in [-0.2, -0.15) is 0 Å². The molecule has 0 bridgehead atoms. The minimum atomic E-state index is -0.903. The SMILES string of the molecule is CCCCCCCCCCCCCCCCCC(=O)[O-].C[O][Al+][O]C. The molecule has 0 atom stereocenters. The maximum atomic E-state index is 10.2. The number of hydrogen-bond acceptors (Lipinski definition) is 4. The number of rotatable bonds is 18. The van der Waals surface area contributed by atoms with E-state index in [0.29, 0.717) is 0 Å². The molecule has 5 heteroatoms. The van der Waals surface area contributed by atoms with Crippen molar-refractivity contribution in [2.24, 2.45) is 0 Å². The zero-order chi connectivity index (χ0) is 19.0. The van der Waals surface area contributed by atoms with E-state index in [1.165, 1.54) is 83.5 Å². The van der Waals surface area contributed by atoms with Gasteiger partial charge in [0.1, 0.15) is 0 Å². The molecule has 25 heavy (non-hydrogen) atoms. The van der Waals surface area contributed by atoms with Crippen LogP contribution in [0.3, 0.4) is 0 Å². The van der Waals surface area contributed by atoms with Crippen molar-refractivity contribution in [1.82, 2.24) is 0 Å². The second-order valence-corrected chi connectivity index (χ2v) is 7.77. The van der Waals surface area contributed by atoms with Crippen LogP contribution in [0.5, 0.6) is 0 Å². The van der Waals surface area contributed by atoms with E-state index in [0.717, 1.165) is 12.8 Å². The third-order valence-electron chi connectivity index (χ3n) is 4.18. The average Bonchev–Trinajstić information content (AvgIpc) is 2.59. The molecule has 0 unspecified atom stereocenters. The molecule has 0 aliphatic carbocycles. The van der Waals surface area contributed by atoms with Gasteiger partial charge < -0.3 is 9.90 Å². The van der Waals surface area contributed by atoms with Gasteiger partial charge in [-0.3, -0.25) is 0 Å². The third kappa shape index (κ3) is 32.1. The summed E-state index contributed by atoms with van der Waals surface area (Å²) in [5, 5.41) is 10.2. The van der Waals surface area contributed by atoms with Crippen LogP contribution in [0.1, 0.15) is 110 Å². The predicted octanol–water partition coefficient (Wildman–Crippen LogP) is 4.81. The van der Waals surface area contributed by atoms with Gasteiger partial charge in [0.05, 0.1) is 0 Å². The van der Waals surface area contributed by atoms with Crippen LogP contribution in [0.15, 0.2) is 0 Å². The van der Waals surface area contributed by atoms with Gasteiger partial charge in [0.15, 0.2) is 0 Å². The van der Waals surface area contributed by atoms with Gasteiger partial charge in [0.25, 0.3) is 0 Å². The van der Waals surface area contributed by atoms with Crippen LogP contribution in [-0.2, 0) is 12.4 Å². The Labute approximate surface area is 163 Å². The maximum absolute atomic E-state index is 10.2. The van der Waals surface area contributed by atoms with E-state index in [-0.39, 0.29) is 22.3 Å². The number of carboxylic acid groups (broad SMARTS) is 1. The van der Waals surface area contributed by atoms with E-state index in [4.69, 9.17) is 0 Å². The quantitative estimate of drug-likeness (QED) is 0.256. The molecule has 4 nitrogen and oxygen atoms in total. The van der Waals surface area contributed by atoms with Gasteiger partial charge in [-0.25, -0.2) is 0 Å². The van der Waals surface area contributed by atoms with E-state index < -0.39 is 5.97 Å². The fourth-order valence-electron chi connectivity index (χ4n) is 2.74. The van der Waals surface area contributed by atoms with E-state index in [1.54, 1.807) is 14.2 Å². The van der Waals surface area contributed by atoms with Gasteiger partial charge in [0.2, 0.25) is 0 Å². The second-order valence-electron chi connectivity index (χ2n) is 6.64. The number of unbranched alkanes of at least 4 members (excludes halogenated alkanes) is 14. The number of carboxylic acids is 1. The Morgan fingerprint density at radius 1 is 0.680 bits per heavy atom. The van der Waals surface area contributed by atoms with Gasteiger partial charge in [0, 0.05) is 5.97 Å². The van der Waals surface area contributed by atoms with Crippen LogP contribution in [-0.4, -0.2) is 36.1 Å². The molecule has 0 radical (unpaired) electrons. The molecule has 0 aromatic heterocycles. The fraction of sp³-hybridized carbons (Fsp3) is 0.950. The number of hydrogen-bond donors (Lipinski definition) is 0. The molecule has 0 N–H and O–H groups in total. The molecule has 0 fully saturated rings. The van der Waals surface area contributed by atoms with Crippen LogP contribution in [0, 0.1) is 0 Å². The van der Waals surface area contributed by atoms with Crippen molar-refractivity contribution in [3.05, 3.63) is 0 Å². The van der Waals surface area contributed by atoms with Gasteiger partial charge >= 0.3 is 37.7 Å². The Kier molecular flexibility index (Phi) is 28.4. The van der Waals surface area contributed by atoms with Crippen molar-refractivity contribution in [2.45, 2.75) is 110 Å².